The molecular weight excluding hydrogens is 210 g/mol. The second-order valence-electron chi connectivity index (χ2n) is 4.03. The molecule has 3 nitrogen and oxygen atoms in total. The van der Waals surface area contributed by atoms with Crippen molar-refractivity contribution in [2.75, 3.05) is 0 Å². The van der Waals surface area contributed by atoms with Crippen LogP contribution >= 0.6 is 11.3 Å². The summed E-state index contributed by atoms with van der Waals surface area (Å²) in [6.45, 7) is 5.50. The van der Waals surface area contributed by atoms with Crippen molar-refractivity contribution in [3.63, 3.8) is 0 Å². The van der Waals surface area contributed by atoms with Crippen LogP contribution in [0.4, 0.5) is 0 Å². The molecule has 0 aliphatic rings. The van der Waals surface area contributed by atoms with Crippen molar-refractivity contribution in [3.8, 4) is 12.3 Å². The summed E-state index contributed by atoms with van der Waals surface area (Å²) in [6, 6.07) is 0. The van der Waals surface area contributed by atoms with Crippen molar-refractivity contribution in [2.24, 2.45) is 0 Å². The Hall–Kier alpha value is -1.34. The number of esters is 1. The first-order valence-corrected chi connectivity index (χ1v) is 5.35. The number of aromatic nitrogens is 1. The Balaban J connectivity index is 2.56. The molecule has 0 aliphatic carbocycles. The molecular formula is C11H13NO2S. The molecule has 0 fully saturated rings. The Bertz CT molecular complexity index is 395. The zero-order valence-electron chi connectivity index (χ0n) is 9.03. The van der Waals surface area contributed by atoms with Crippen LogP contribution < -0.4 is 0 Å². The molecule has 0 saturated heterocycles. The molecule has 1 aromatic rings. The Morgan fingerprint density at radius 1 is 1.67 bits per heavy atom. The number of carbonyl (C=O) groups is 1. The van der Waals surface area contributed by atoms with Crippen LogP contribution in [-0.4, -0.2) is 16.6 Å². The lowest BCUT2D eigenvalue weighted by atomic mass is 10.2. The van der Waals surface area contributed by atoms with Crippen molar-refractivity contribution >= 4 is 17.3 Å². The third kappa shape index (κ3) is 4.13. The second-order valence-corrected chi connectivity index (χ2v) is 5.14. The van der Waals surface area contributed by atoms with Gasteiger partial charge in [0.2, 0.25) is 0 Å². The van der Waals surface area contributed by atoms with Gasteiger partial charge < -0.3 is 4.74 Å². The van der Waals surface area contributed by atoms with E-state index in [9.17, 15) is 4.79 Å². The molecule has 0 N–H and O–H groups in total. The summed E-state index contributed by atoms with van der Waals surface area (Å²) in [4.78, 5) is 16.2. The third-order valence-corrected chi connectivity index (χ3v) is 2.34. The van der Waals surface area contributed by atoms with Crippen LogP contribution in [0.2, 0.25) is 0 Å². The lowest BCUT2D eigenvalue weighted by Crippen LogP contribution is -2.24. The van der Waals surface area contributed by atoms with Crippen LogP contribution in [0.1, 0.15) is 30.7 Å². The maximum atomic E-state index is 11.4. The van der Waals surface area contributed by atoms with E-state index in [-0.39, 0.29) is 12.4 Å². The molecule has 1 heterocycles. The molecule has 0 aromatic carbocycles. The second kappa shape index (κ2) is 4.45. The monoisotopic (exact) mass is 223 g/mol. The van der Waals surface area contributed by atoms with E-state index >= 15 is 0 Å². The van der Waals surface area contributed by atoms with Crippen molar-refractivity contribution < 1.29 is 9.53 Å². The largest absolute Gasteiger partial charge is 0.460 e. The van der Waals surface area contributed by atoms with Gasteiger partial charge in [-0.25, -0.2) is 4.98 Å². The SMILES string of the molecule is C#Cc1cnc(CC(=O)OC(C)(C)C)s1. The lowest BCUT2D eigenvalue weighted by molar-refractivity contribution is -0.153. The van der Waals surface area contributed by atoms with Gasteiger partial charge in [-0.05, 0) is 20.8 Å². The van der Waals surface area contributed by atoms with Crippen molar-refractivity contribution in [3.05, 3.63) is 16.1 Å². The lowest BCUT2D eigenvalue weighted by Gasteiger charge is -2.18. The average molecular weight is 223 g/mol. The number of rotatable bonds is 2. The summed E-state index contributed by atoms with van der Waals surface area (Å²) in [6.07, 6.45) is 6.97. The van der Waals surface area contributed by atoms with Gasteiger partial charge in [-0.3, -0.25) is 4.79 Å². The number of terminal acetylenes is 1. The molecule has 0 radical (unpaired) electrons. The van der Waals surface area contributed by atoms with E-state index < -0.39 is 5.60 Å². The molecule has 0 saturated carbocycles. The number of hydrogen-bond donors (Lipinski definition) is 0. The van der Waals surface area contributed by atoms with Crippen molar-refractivity contribution in [2.45, 2.75) is 32.8 Å². The molecule has 0 bridgehead atoms. The Morgan fingerprint density at radius 3 is 2.80 bits per heavy atom. The van der Waals surface area contributed by atoms with E-state index in [1.165, 1.54) is 11.3 Å². The number of nitrogens with zero attached hydrogens (tertiary/aromatic N) is 1. The van der Waals surface area contributed by atoms with Gasteiger partial charge in [-0.15, -0.1) is 17.8 Å². The molecule has 80 valence electrons. The maximum absolute atomic E-state index is 11.4. The molecule has 4 heteroatoms. The predicted molar refractivity (Wildman–Crippen MR) is 59.6 cm³/mol. The van der Waals surface area contributed by atoms with Gasteiger partial charge in [0, 0.05) is 0 Å². The first-order valence-electron chi connectivity index (χ1n) is 4.54. The zero-order valence-corrected chi connectivity index (χ0v) is 9.85. The van der Waals surface area contributed by atoms with E-state index in [4.69, 9.17) is 11.2 Å². The fraction of sp³-hybridized carbons (Fsp3) is 0.455. The van der Waals surface area contributed by atoms with E-state index in [0.29, 0.717) is 5.01 Å². The Kier molecular flexibility index (Phi) is 3.48. The molecule has 1 rings (SSSR count). The Labute approximate surface area is 93.5 Å². The van der Waals surface area contributed by atoms with Gasteiger partial charge in [-0.1, -0.05) is 5.92 Å². The minimum Gasteiger partial charge on any atom is -0.460 e. The molecule has 0 atom stereocenters. The van der Waals surface area contributed by atoms with Gasteiger partial charge in [0.25, 0.3) is 0 Å². The summed E-state index contributed by atoms with van der Waals surface area (Å²) >= 11 is 1.34. The van der Waals surface area contributed by atoms with Crippen molar-refractivity contribution in [1.82, 2.24) is 4.98 Å². The van der Waals surface area contributed by atoms with Crippen molar-refractivity contribution in [1.29, 1.82) is 0 Å². The zero-order chi connectivity index (χ0) is 11.5. The minimum absolute atomic E-state index is 0.184. The van der Waals surface area contributed by atoms with Crippen LogP contribution in [0.3, 0.4) is 0 Å². The van der Waals surface area contributed by atoms with E-state index in [2.05, 4.69) is 10.9 Å². The van der Waals surface area contributed by atoms with Gasteiger partial charge in [0.15, 0.2) is 0 Å². The van der Waals surface area contributed by atoms with Crippen LogP contribution in [-0.2, 0) is 16.0 Å². The highest BCUT2D eigenvalue weighted by atomic mass is 32.1. The number of thiazole rings is 1. The quantitative estimate of drug-likeness (QED) is 0.568. The summed E-state index contributed by atoms with van der Waals surface area (Å²) in [7, 11) is 0. The molecule has 0 unspecified atom stereocenters. The molecule has 0 amide bonds. The summed E-state index contributed by atoms with van der Waals surface area (Å²) < 4.78 is 5.16. The molecule has 15 heavy (non-hydrogen) atoms. The molecule has 0 spiro atoms. The standard InChI is InChI=1S/C11H13NO2S/c1-5-8-7-12-9(15-8)6-10(13)14-11(2,3)4/h1,7H,6H2,2-4H3. The highest BCUT2D eigenvalue weighted by Crippen LogP contribution is 2.14. The first kappa shape index (κ1) is 11.7. The average Bonchev–Trinajstić information content (AvgIpc) is 2.48. The number of ether oxygens (including phenoxy) is 1. The van der Waals surface area contributed by atoms with Gasteiger partial charge in [0.1, 0.15) is 10.6 Å². The highest BCUT2D eigenvalue weighted by molar-refractivity contribution is 7.12. The summed E-state index contributed by atoms with van der Waals surface area (Å²) in [5, 5.41) is 0.692. The normalized spacial score (nSPS) is 10.8. The predicted octanol–water partition coefficient (Wildman–Crippen LogP) is 2.01. The van der Waals surface area contributed by atoms with Crippen LogP contribution in [0.25, 0.3) is 0 Å². The summed E-state index contributed by atoms with van der Waals surface area (Å²) in [5.74, 6) is 2.20. The Morgan fingerprint density at radius 2 is 2.33 bits per heavy atom. The molecule has 1 aromatic heterocycles. The van der Waals surface area contributed by atoms with Crippen LogP contribution in [0.5, 0.6) is 0 Å². The van der Waals surface area contributed by atoms with Crippen LogP contribution in [0, 0.1) is 12.3 Å². The van der Waals surface area contributed by atoms with E-state index in [0.717, 1.165) is 4.88 Å². The number of carbonyl (C=O) groups excluding carboxylic acids is 1. The van der Waals surface area contributed by atoms with Gasteiger partial charge in [-0.2, -0.15) is 0 Å². The molecule has 0 aliphatic heterocycles. The van der Waals surface area contributed by atoms with E-state index in [1.54, 1.807) is 6.20 Å². The summed E-state index contributed by atoms with van der Waals surface area (Å²) in [5.41, 5.74) is -0.455. The highest BCUT2D eigenvalue weighted by Gasteiger charge is 2.17. The van der Waals surface area contributed by atoms with E-state index in [1.807, 2.05) is 20.8 Å². The first-order chi connectivity index (χ1) is 6.90. The fourth-order valence-electron chi connectivity index (χ4n) is 0.960. The smallest absolute Gasteiger partial charge is 0.313 e. The van der Waals surface area contributed by atoms with Gasteiger partial charge >= 0.3 is 5.97 Å². The third-order valence-electron chi connectivity index (χ3n) is 1.41. The van der Waals surface area contributed by atoms with Crippen LogP contribution in [0.15, 0.2) is 6.20 Å². The maximum Gasteiger partial charge on any atom is 0.313 e. The topological polar surface area (TPSA) is 39.2 Å². The van der Waals surface area contributed by atoms with Gasteiger partial charge in [0.05, 0.1) is 17.5 Å². The number of hydrogen-bond acceptors (Lipinski definition) is 4. The fourth-order valence-corrected chi connectivity index (χ4v) is 1.67. The minimum atomic E-state index is -0.455.